The molecular formula is C24H25N5O3. The van der Waals surface area contributed by atoms with Crippen LogP contribution in [0, 0.1) is 6.92 Å². The largest absolute Gasteiger partial charge is 0.497 e. The van der Waals surface area contributed by atoms with Crippen molar-refractivity contribution in [3.05, 3.63) is 82.0 Å². The Balaban J connectivity index is 1.52. The Labute approximate surface area is 185 Å². The van der Waals surface area contributed by atoms with Crippen LogP contribution < -0.4 is 15.7 Å². The van der Waals surface area contributed by atoms with E-state index in [1.54, 1.807) is 20.1 Å². The SMILES string of the molecule is CCc1ccc(CNC(=O)Cn2nc3cc(-c4ccc(OC)cc4)nc(C)n3c2=O)cc1. The Morgan fingerprint density at radius 1 is 1.06 bits per heavy atom. The van der Waals surface area contributed by atoms with Gasteiger partial charge in [0.1, 0.15) is 18.1 Å². The zero-order valence-corrected chi connectivity index (χ0v) is 18.3. The highest BCUT2D eigenvalue weighted by molar-refractivity contribution is 5.75. The van der Waals surface area contributed by atoms with Crippen LogP contribution in [0.25, 0.3) is 16.9 Å². The molecule has 8 heteroatoms. The van der Waals surface area contributed by atoms with Crippen molar-refractivity contribution in [2.24, 2.45) is 0 Å². The Hall–Kier alpha value is -3.94. The number of hydrogen-bond donors (Lipinski definition) is 1. The van der Waals surface area contributed by atoms with Gasteiger partial charge < -0.3 is 10.1 Å². The van der Waals surface area contributed by atoms with Crippen LogP contribution in [0.2, 0.25) is 0 Å². The van der Waals surface area contributed by atoms with Gasteiger partial charge in [-0.05, 0) is 48.7 Å². The van der Waals surface area contributed by atoms with Gasteiger partial charge in [0.15, 0.2) is 5.65 Å². The third-order valence-corrected chi connectivity index (χ3v) is 5.34. The zero-order valence-electron chi connectivity index (χ0n) is 18.3. The third kappa shape index (κ3) is 4.39. The number of nitrogens with zero attached hydrogens (tertiary/aromatic N) is 4. The monoisotopic (exact) mass is 431 g/mol. The van der Waals surface area contributed by atoms with Gasteiger partial charge in [0, 0.05) is 18.2 Å². The second-order valence-electron chi connectivity index (χ2n) is 7.50. The first-order chi connectivity index (χ1) is 15.5. The van der Waals surface area contributed by atoms with E-state index in [4.69, 9.17) is 4.74 Å². The Kier molecular flexibility index (Phi) is 6.02. The molecule has 0 atom stereocenters. The number of hydrogen-bond acceptors (Lipinski definition) is 5. The lowest BCUT2D eigenvalue weighted by atomic mass is 10.1. The molecule has 4 aromatic rings. The number of ether oxygens (including phenoxy) is 1. The molecule has 2 heterocycles. The molecule has 0 aliphatic carbocycles. The summed E-state index contributed by atoms with van der Waals surface area (Å²) in [6.07, 6.45) is 0.970. The summed E-state index contributed by atoms with van der Waals surface area (Å²) < 4.78 is 7.76. The molecule has 32 heavy (non-hydrogen) atoms. The van der Waals surface area contributed by atoms with Crippen LogP contribution in [0.1, 0.15) is 23.9 Å². The van der Waals surface area contributed by atoms with Crippen molar-refractivity contribution in [3.63, 3.8) is 0 Å². The normalized spacial score (nSPS) is 11.0. The summed E-state index contributed by atoms with van der Waals surface area (Å²) in [5.41, 5.74) is 3.86. The van der Waals surface area contributed by atoms with Crippen LogP contribution in [-0.4, -0.2) is 32.2 Å². The summed E-state index contributed by atoms with van der Waals surface area (Å²) in [7, 11) is 1.61. The second kappa shape index (κ2) is 9.05. The third-order valence-electron chi connectivity index (χ3n) is 5.34. The summed E-state index contributed by atoms with van der Waals surface area (Å²) >= 11 is 0. The molecule has 0 bridgehead atoms. The van der Waals surface area contributed by atoms with Gasteiger partial charge in [0.05, 0.1) is 12.8 Å². The van der Waals surface area contributed by atoms with Crippen molar-refractivity contribution in [1.82, 2.24) is 24.5 Å². The van der Waals surface area contributed by atoms with Gasteiger partial charge in [0.25, 0.3) is 0 Å². The van der Waals surface area contributed by atoms with Gasteiger partial charge in [0.2, 0.25) is 5.91 Å². The molecule has 0 spiro atoms. The minimum absolute atomic E-state index is 0.162. The number of nitrogens with one attached hydrogen (secondary N) is 1. The molecule has 1 amide bonds. The highest BCUT2D eigenvalue weighted by atomic mass is 16.5. The Morgan fingerprint density at radius 2 is 1.75 bits per heavy atom. The van der Waals surface area contributed by atoms with E-state index in [1.165, 1.54) is 9.96 Å². The lowest BCUT2D eigenvalue weighted by Crippen LogP contribution is -2.32. The van der Waals surface area contributed by atoms with E-state index in [-0.39, 0.29) is 12.5 Å². The fraction of sp³-hybridized carbons (Fsp3) is 0.250. The first-order valence-corrected chi connectivity index (χ1v) is 10.4. The average molecular weight is 431 g/mol. The van der Waals surface area contributed by atoms with Crippen LogP contribution in [0.15, 0.2) is 59.4 Å². The average Bonchev–Trinajstić information content (AvgIpc) is 3.13. The molecular weight excluding hydrogens is 406 g/mol. The van der Waals surface area contributed by atoms with Crippen molar-refractivity contribution in [3.8, 4) is 17.0 Å². The molecule has 0 aliphatic rings. The molecule has 4 rings (SSSR count). The van der Waals surface area contributed by atoms with Crippen LogP contribution in [0.3, 0.4) is 0 Å². The number of fused-ring (bicyclic) bond motifs is 1. The first-order valence-electron chi connectivity index (χ1n) is 10.4. The predicted octanol–water partition coefficient (Wildman–Crippen LogP) is 2.75. The van der Waals surface area contributed by atoms with Crippen LogP contribution >= 0.6 is 0 Å². The molecule has 0 unspecified atom stereocenters. The number of carbonyl (C=O) groups is 1. The van der Waals surface area contributed by atoms with Gasteiger partial charge in [-0.1, -0.05) is 31.2 Å². The summed E-state index contributed by atoms with van der Waals surface area (Å²) in [5, 5.41) is 7.20. The number of methoxy groups -OCH3 is 1. The smallest absolute Gasteiger partial charge is 0.352 e. The maximum Gasteiger partial charge on any atom is 0.352 e. The van der Waals surface area contributed by atoms with Gasteiger partial charge >= 0.3 is 5.69 Å². The second-order valence-corrected chi connectivity index (χ2v) is 7.50. The van der Waals surface area contributed by atoms with Crippen molar-refractivity contribution < 1.29 is 9.53 Å². The van der Waals surface area contributed by atoms with E-state index in [0.29, 0.717) is 23.7 Å². The van der Waals surface area contributed by atoms with Crippen molar-refractivity contribution in [2.75, 3.05) is 7.11 Å². The van der Waals surface area contributed by atoms with Gasteiger partial charge in [-0.15, -0.1) is 5.10 Å². The molecule has 0 saturated heterocycles. The van der Waals surface area contributed by atoms with E-state index in [1.807, 2.05) is 48.5 Å². The van der Waals surface area contributed by atoms with Crippen molar-refractivity contribution >= 4 is 11.6 Å². The molecule has 2 aromatic carbocycles. The van der Waals surface area contributed by atoms with Gasteiger partial charge in [-0.2, -0.15) is 0 Å². The van der Waals surface area contributed by atoms with Crippen molar-refractivity contribution in [2.45, 2.75) is 33.4 Å². The lowest BCUT2D eigenvalue weighted by Gasteiger charge is -2.05. The molecule has 1 N–H and O–H groups in total. The van der Waals surface area contributed by atoms with E-state index in [2.05, 4.69) is 22.3 Å². The van der Waals surface area contributed by atoms with Gasteiger partial charge in [-0.3, -0.25) is 4.79 Å². The highest BCUT2D eigenvalue weighted by Crippen LogP contribution is 2.21. The van der Waals surface area contributed by atoms with Crippen LogP contribution in [-0.2, 0) is 24.3 Å². The topological polar surface area (TPSA) is 90.5 Å². The molecule has 2 aromatic heterocycles. The first kappa shape index (κ1) is 21.3. The van der Waals surface area contributed by atoms with E-state index in [0.717, 1.165) is 28.0 Å². The fourth-order valence-electron chi connectivity index (χ4n) is 3.50. The predicted molar refractivity (Wildman–Crippen MR) is 122 cm³/mol. The standard InChI is InChI=1S/C24H25N5O3/c1-4-17-5-7-18(8-6-17)14-25-23(30)15-28-24(31)29-16(2)26-21(13-22(29)27-28)19-9-11-20(32-3)12-10-19/h5-13H,4,14-15H2,1-3H3,(H,25,30). The number of benzene rings is 2. The lowest BCUT2D eigenvalue weighted by molar-refractivity contribution is -0.122. The van der Waals surface area contributed by atoms with Crippen molar-refractivity contribution in [1.29, 1.82) is 0 Å². The number of carbonyl (C=O) groups excluding carboxylic acids is 1. The highest BCUT2D eigenvalue weighted by Gasteiger charge is 2.15. The Bertz CT molecular complexity index is 1300. The number of aryl methyl sites for hydroxylation is 2. The summed E-state index contributed by atoms with van der Waals surface area (Å²) in [5.74, 6) is 0.969. The summed E-state index contributed by atoms with van der Waals surface area (Å²) in [6.45, 7) is 4.08. The molecule has 0 radical (unpaired) electrons. The van der Waals surface area contributed by atoms with Crippen LogP contribution in [0.4, 0.5) is 0 Å². The number of aromatic nitrogens is 4. The molecule has 0 fully saturated rings. The van der Waals surface area contributed by atoms with E-state index in [9.17, 15) is 9.59 Å². The summed E-state index contributed by atoms with van der Waals surface area (Å²) in [4.78, 5) is 29.8. The molecule has 164 valence electrons. The summed E-state index contributed by atoms with van der Waals surface area (Å²) in [6, 6.07) is 17.3. The fourth-order valence-corrected chi connectivity index (χ4v) is 3.50. The van der Waals surface area contributed by atoms with E-state index < -0.39 is 5.69 Å². The molecule has 0 saturated carbocycles. The van der Waals surface area contributed by atoms with Crippen LogP contribution in [0.5, 0.6) is 5.75 Å². The minimum Gasteiger partial charge on any atom is -0.497 e. The van der Waals surface area contributed by atoms with Gasteiger partial charge in [-0.25, -0.2) is 18.9 Å². The molecule has 8 nitrogen and oxygen atoms in total. The minimum atomic E-state index is -0.395. The zero-order chi connectivity index (χ0) is 22.7. The maximum absolute atomic E-state index is 12.8. The quantitative estimate of drug-likeness (QED) is 0.486. The van der Waals surface area contributed by atoms with E-state index >= 15 is 0 Å². The molecule has 0 aliphatic heterocycles. The maximum atomic E-state index is 12.8. The number of rotatable bonds is 7. The number of amides is 1. The Morgan fingerprint density at radius 3 is 2.41 bits per heavy atom.